The predicted molar refractivity (Wildman–Crippen MR) is 73.8 cm³/mol. The van der Waals surface area contributed by atoms with E-state index in [1.54, 1.807) is 12.3 Å². The number of rotatable bonds is 5. The molecular formula is C15H18FN3. The van der Waals surface area contributed by atoms with Crippen molar-refractivity contribution in [1.82, 2.24) is 10.4 Å². The molecule has 1 atom stereocenters. The summed E-state index contributed by atoms with van der Waals surface area (Å²) in [5.74, 6) is 5.20. The van der Waals surface area contributed by atoms with Crippen LogP contribution in [0.5, 0.6) is 0 Å². The number of benzene rings is 1. The Morgan fingerprint density at radius 2 is 2.00 bits per heavy atom. The molecule has 3 N–H and O–H groups in total. The van der Waals surface area contributed by atoms with Crippen molar-refractivity contribution in [3.8, 4) is 0 Å². The van der Waals surface area contributed by atoms with E-state index in [-0.39, 0.29) is 11.9 Å². The van der Waals surface area contributed by atoms with Crippen LogP contribution in [0.25, 0.3) is 0 Å². The molecule has 1 aromatic carbocycles. The van der Waals surface area contributed by atoms with Gasteiger partial charge in [0.15, 0.2) is 0 Å². The van der Waals surface area contributed by atoms with Gasteiger partial charge >= 0.3 is 0 Å². The Hall–Kier alpha value is -1.78. The van der Waals surface area contributed by atoms with E-state index in [0.717, 1.165) is 12.8 Å². The summed E-state index contributed by atoms with van der Waals surface area (Å²) < 4.78 is 13.6. The van der Waals surface area contributed by atoms with Gasteiger partial charge in [-0.2, -0.15) is 0 Å². The molecule has 100 valence electrons. The van der Waals surface area contributed by atoms with Crippen LogP contribution in [0.15, 0.2) is 42.7 Å². The van der Waals surface area contributed by atoms with Crippen molar-refractivity contribution < 1.29 is 4.39 Å². The van der Waals surface area contributed by atoms with Crippen molar-refractivity contribution >= 4 is 0 Å². The molecule has 0 amide bonds. The summed E-state index contributed by atoms with van der Waals surface area (Å²) in [5.41, 5.74) is 5.69. The number of hydrogen-bond acceptors (Lipinski definition) is 3. The molecule has 1 unspecified atom stereocenters. The largest absolute Gasteiger partial charge is 0.271 e. The van der Waals surface area contributed by atoms with Crippen LogP contribution in [0.3, 0.4) is 0 Å². The van der Waals surface area contributed by atoms with E-state index < -0.39 is 0 Å². The number of hydrazine groups is 1. The molecule has 0 saturated carbocycles. The number of nitrogens with one attached hydrogen (secondary N) is 1. The van der Waals surface area contributed by atoms with Crippen LogP contribution < -0.4 is 11.3 Å². The quantitative estimate of drug-likeness (QED) is 0.641. The number of pyridine rings is 1. The van der Waals surface area contributed by atoms with Crippen molar-refractivity contribution in [1.29, 1.82) is 0 Å². The summed E-state index contributed by atoms with van der Waals surface area (Å²) in [6, 6.07) is 9.79. The number of aromatic nitrogens is 1. The topological polar surface area (TPSA) is 50.9 Å². The summed E-state index contributed by atoms with van der Waals surface area (Å²) >= 11 is 0. The first-order valence-electron chi connectivity index (χ1n) is 6.32. The summed E-state index contributed by atoms with van der Waals surface area (Å²) in [5, 5.41) is 0. The lowest BCUT2D eigenvalue weighted by atomic mass is 9.99. The van der Waals surface area contributed by atoms with Gasteiger partial charge < -0.3 is 0 Å². The standard InChI is InChI=1S/C15H18FN3/c1-11-2-4-12(5-3-11)6-7-15(19-17)13-8-9-18-10-14(13)16/h2-5,8-10,15,19H,6-7,17H2,1H3. The number of halogens is 1. The third-order valence-electron chi connectivity index (χ3n) is 3.22. The molecule has 1 heterocycles. The van der Waals surface area contributed by atoms with Gasteiger partial charge in [-0.15, -0.1) is 0 Å². The van der Waals surface area contributed by atoms with E-state index in [0.29, 0.717) is 5.56 Å². The number of nitrogens with two attached hydrogens (primary N) is 1. The first-order chi connectivity index (χ1) is 9.20. The highest BCUT2D eigenvalue weighted by Crippen LogP contribution is 2.20. The minimum atomic E-state index is -0.325. The normalized spacial score (nSPS) is 12.4. The second-order valence-corrected chi connectivity index (χ2v) is 4.64. The smallest absolute Gasteiger partial charge is 0.146 e. The highest BCUT2D eigenvalue weighted by atomic mass is 19.1. The lowest BCUT2D eigenvalue weighted by molar-refractivity contribution is 0.483. The average molecular weight is 259 g/mol. The van der Waals surface area contributed by atoms with Crippen molar-refractivity contribution in [2.75, 3.05) is 0 Å². The monoisotopic (exact) mass is 259 g/mol. The maximum Gasteiger partial charge on any atom is 0.146 e. The Balaban J connectivity index is 2.04. The summed E-state index contributed by atoms with van der Waals surface area (Å²) in [6.45, 7) is 2.06. The SMILES string of the molecule is Cc1ccc(CCC(NN)c2ccncc2F)cc1. The van der Waals surface area contributed by atoms with Gasteiger partial charge in [-0.05, 0) is 31.4 Å². The molecule has 0 aliphatic rings. The molecule has 2 rings (SSSR count). The first-order valence-corrected chi connectivity index (χ1v) is 6.32. The summed E-state index contributed by atoms with van der Waals surface area (Å²) in [7, 11) is 0. The fourth-order valence-corrected chi connectivity index (χ4v) is 2.06. The maximum absolute atomic E-state index is 13.6. The van der Waals surface area contributed by atoms with Crippen LogP contribution >= 0.6 is 0 Å². The van der Waals surface area contributed by atoms with Gasteiger partial charge in [0.1, 0.15) is 5.82 Å². The molecule has 0 bridgehead atoms. The predicted octanol–water partition coefficient (Wildman–Crippen LogP) is 2.67. The number of aryl methyl sites for hydroxylation is 2. The van der Waals surface area contributed by atoms with E-state index in [1.165, 1.54) is 17.3 Å². The van der Waals surface area contributed by atoms with Gasteiger partial charge in [-0.25, -0.2) is 4.39 Å². The maximum atomic E-state index is 13.6. The van der Waals surface area contributed by atoms with Gasteiger partial charge in [0, 0.05) is 17.8 Å². The second kappa shape index (κ2) is 6.41. The number of hydrogen-bond donors (Lipinski definition) is 2. The lowest BCUT2D eigenvalue weighted by Crippen LogP contribution is -2.29. The van der Waals surface area contributed by atoms with Gasteiger partial charge in [-0.1, -0.05) is 29.8 Å². The Labute approximate surface area is 112 Å². The van der Waals surface area contributed by atoms with Gasteiger partial charge in [0.25, 0.3) is 0 Å². The molecule has 3 nitrogen and oxygen atoms in total. The van der Waals surface area contributed by atoms with Crippen LogP contribution in [0, 0.1) is 12.7 Å². The average Bonchev–Trinajstić information content (AvgIpc) is 2.43. The van der Waals surface area contributed by atoms with Crippen molar-refractivity contribution in [3.63, 3.8) is 0 Å². The summed E-state index contributed by atoms with van der Waals surface area (Å²) in [6.07, 6.45) is 4.37. The molecule has 0 aliphatic heterocycles. The molecule has 0 saturated heterocycles. The Kier molecular flexibility index (Phi) is 4.60. The molecule has 0 aliphatic carbocycles. The van der Waals surface area contributed by atoms with Crippen LogP contribution in [0.2, 0.25) is 0 Å². The third-order valence-corrected chi connectivity index (χ3v) is 3.22. The Morgan fingerprint density at radius 3 is 2.63 bits per heavy atom. The molecule has 0 fully saturated rings. The van der Waals surface area contributed by atoms with Crippen molar-refractivity contribution in [3.05, 3.63) is 65.2 Å². The Morgan fingerprint density at radius 1 is 1.26 bits per heavy atom. The fourth-order valence-electron chi connectivity index (χ4n) is 2.06. The molecule has 0 spiro atoms. The third kappa shape index (κ3) is 3.59. The second-order valence-electron chi connectivity index (χ2n) is 4.64. The van der Waals surface area contributed by atoms with Crippen LogP contribution in [-0.4, -0.2) is 4.98 Å². The van der Waals surface area contributed by atoms with Crippen LogP contribution in [0.4, 0.5) is 4.39 Å². The van der Waals surface area contributed by atoms with Crippen molar-refractivity contribution in [2.24, 2.45) is 5.84 Å². The molecule has 19 heavy (non-hydrogen) atoms. The summed E-state index contributed by atoms with van der Waals surface area (Å²) in [4.78, 5) is 3.75. The first kappa shape index (κ1) is 13.6. The van der Waals surface area contributed by atoms with E-state index >= 15 is 0 Å². The zero-order valence-electron chi connectivity index (χ0n) is 10.9. The van der Waals surface area contributed by atoms with E-state index in [2.05, 4.69) is 41.6 Å². The van der Waals surface area contributed by atoms with Gasteiger partial charge in [-0.3, -0.25) is 16.3 Å². The highest BCUT2D eigenvalue weighted by molar-refractivity contribution is 5.22. The molecule has 0 radical (unpaired) electrons. The molecule has 2 aromatic rings. The Bertz CT molecular complexity index is 525. The fraction of sp³-hybridized carbons (Fsp3) is 0.267. The minimum Gasteiger partial charge on any atom is -0.271 e. The molecule has 4 heteroatoms. The van der Waals surface area contributed by atoms with Gasteiger partial charge in [0.2, 0.25) is 0 Å². The van der Waals surface area contributed by atoms with E-state index in [1.807, 2.05) is 0 Å². The highest BCUT2D eigenvalue weighted by Gasteiger charge is 2.14. The van der Waals surface area contributed by atoms with Gasteiger partial charge in [0.05, 0.1) is 6.20 Å². The van der Waals surface area contributed by atoms with Crippen molar-refractivity contribution in [2.45, 2.75) is 25.8 Å². The van der Waals surface area contributed by atoms with Crippen LogP contribution in [0.1, 0.15) is 29.2 Å². The zero-order valence-corrected chi connectivity index (χ0v) is 10.9. The minimum absolute atomic E-state index is 0.204. The van der Waals surface area contributed by atoms with E-state index in [9.17, 15) is 4.39 Å². The van der Waals surface area contributed by atoms with E-state index in [4.69, 9.17) is 5.84 Å². The lowest BCUT2D eigenvalue weighted by Gasteiger charge is -2.16. The molecule has 1 aromatic heterocycles. The number of nitrogens with zero attached hydrogens (tertiary/aromatic N) is 1. The molecular weight excluding hydrogens is 241 g/mol. The van der Waals surface area contributed by atoms with Crippen LogP contribution in [-0.2, 0) is 6.42 Å². The zero-order chi connectivity index (χ0) is 13.7.